The molecule has 6 rings (SSSR count). The molecule has 0 bridgehead atoms. The van der Waals surface area contributed by atoms with Crippen molar-refractivity contribution in [1.29, 1.82) is 0 Å². The zero-order valence-corrected chi connectivity index (χ0v) is 39.9. The van der Waals surface area contributed by atoms with E-state index in [1.54, 1.807) is 48.8 Å². The number of benzene rings is 6. The van der Waals surface area contributed by atoms with Crippen molar-refractivity contribution >= 4 is 70.6 Å². The lowest BCUT2D eigenvalue weighted by Crippen LogP contribution is -2.25. The van der Waals surface area contributed by atoms with Crippen molar-refractivity contribution in [3.05, 3.63) is 198 Å². The van der Waals surface area contributed by atoms with E-state index in [1.807, 2.05) is 115 Å². The van der Waals surface area contributed by atoms with Gasteiger partial charge >= 0.3 is 0 Å². The molecule has 0 atom stereocenters. The molecule has 0 aliphatic heterocycles. The summed E-state index contributed by atoms with van der Waals surface area (Å²) < 4.78 is 0. The number of amides is 4. The molecule has 344 valence electrons. The van der Waals surface area contributed by atoms with Gasteiger partial charge in [-0.05, 0) is 166 Å². The van der Waals surface area contributed by atoms with Gasteiger partial charge in [-0.15, -0.1) is 0 Å². The smallest absolute Gasteiger partial charge is 0.273 e. The van der Waals surface area contributed by atoms with E-state index in [9.17, 15) is 19.2 Å². The van der Waals surface area contributed by atoms with Crippen LogP contribution in [0.4, 0.5) is 11.4 Å². The molecule has 6 aromatic rings. The zero-order valence-electron chi connectivity index (χ0n) is 38.4. The molecule has 4 amide bonds. The Kier molecular flexibility index (Phi) is 17.3. The Morgan fingerprint density at radius 2 is 0.925 bits per heavy atom. The molecule has 6 aromatic carbocycles. The van der Waals surface area contributed by atoms with Gasteiger partial charge in [0.15, 0.2) is 0 Å². The second-order valence-corrected chi connectivity index (χ2v) is 17.5. The minimum atomic E-state index is -0.515. The van der Waals surface area contributed by atoms with Crippen molar-refractivity contribution in [3.63, 3.8) is 0 Å². The molecule has 0 saturated heterocycles. The molecule has 12 nitrogen and oxygen atoms in total. The van der Waals surface area contributed by atoms with E-state index in [0.717, 1.165) is 64.0 Å². The number of hydrazone groups is 2. The van der Waals surface area contributed by atoms with Crippen molar-refractivity contribution < 1.29 is 19.2 Å². The molecule has 0 aromatic heterocycles. The first-order chi connectivity index (χ1) is 32.1. The quantitative estimate of drug-likeness (QED) is 0.0498. The molecule has 0 heterocycles. The van der Waals surface area contributed by atoms with Crippen molar-refractivity contribution in [2.45, 2.75) is 47.2 Å². The van der Waals surface area contributed by atoms with Gasteiger partial charge < -0.3 is 20.4 Å². The lowest BCUT2D eigenvalue weighted by molar-refractivity contribution is 0.0947. The topological polar surface area (TPSA) is 148 Å². The fraction of sp³-hybridized carbons (Fsp3) is 0.208. The van der Waals surface area contributed by atoms with Crippen molar-refractivity contribution in [2.24, 2.45) is 10.2 Å². The SMILES string of the molecule is Cc1ccc(C=NNC(=O)c2cc(Cl)ccc2NC(=O)c2cccc(CN(C)CCCN(C)Cc3cccc(C(=O)Nc4ccc(Cl)cc4C(=O)NN=Cc4ccc(C)c(C)c4)c3)c2)cc1C. The van der Waals surface area contributed by atoms with Crippen LogP contribution in [0.15, 0.2) is 132 Å². The maximum absolute atomic E-state index is 13.5. The van der Waals surface area contributed by atoms with E-state index in [2.05, 4.69) is 41.5 Å². The number of hydrogen-bond acceptors (Lipinski definition) is 8. The molecular formula is C53H54Cl2N8O4. The number of nitrogens with one attached hydrogen (secondary N) is 4. The molecule has 0 radical (unpaired) electrons. The first-order valence-corrected chi connectivity index (χ1v) is 22.5. The van der Waals surface area contributed by atoms with Crippen LogP contribution in [-0.4, -0.2) is 73.0 Å². The number of carbonyl (C=O) groups is 4. The van der Waals surface area contributed by atoms with Gasteiger partial charge in [0, 0.05) is 34.3 Å². The third kappa shape index (κ3) is 14.5. The van der Waals surface area contributed by atoms with E-state index in [-0.39, 0.29) is 22.9 Å². The van der Waals surface area contributed by atoms with Gasteiger partial charge in [0.1, 0.15) is 0 Å². The van der Waals surface area contributed by atoms with Crippen LogP contribution in [0.25, 0.3) is 0 Å². The molecule has 0 unspecified atom stereocenters. The largest absolute Gasteiger partial charge is 0.321 e. The Bertz CT molecular complexity index is 2650. The first-order valence-electron chi connectivity index (χ1n) is 21.7. The Morgan fingerprint density at radius 1 is 0.507 bits per heavy atom. The van der Waals surface area contributed by atoms with Crippen LogP contribution in [0.1, 0.15) is 92.4 Å². The third-order valence-corrected chi connectivity index (χ3v) is 11.6. The number of aryl methyl sites for hydroxylation is 4. The van der Waals surface area contributed by atoms with Gasteiger partial charge in [-0.25, -0.2) is 10.9 Å². The molecule has 0 spiro atoms. The fourth-order valence-corrected chi connectivity index (χ4v) is 7.51. The number of carbonyl (C=O) groups excluding carboxylic acids is 4. The van der Waals surface area contributed by atoms with Crippen LogP contribution in [-0.2, 0) is 13.1 Å². The second kappa shape index (κ2) is 23.5. The Balaban J connectivity index is 0.972. The molecule has 4 N–H and O–H groups in total. The molecule has 0 aliphatic rings. The summed E-state index contributed by atoms with van der Waals surface area (Å²) in [5.41, 5.74) is 15.1. The fourth-order valence-electron chi connectivity index (χ4n) is 7.17. The third-order valence-electron chi connectivity index (χ3n) is 11.1. The monoisotopic (exact) mass is 936 g/mol. The molecule has 14 heteroatoms. The summed E-state index contributed by atoms with van der Waals surface area (Å²) in [6.45, 7) is 10.9. The summed E-state index contributed by atoms with van der Waals surface area (Å²) in [6, 6.07) is 35.9. The zero-order chi connectivity index (χ0) is 48.0. The summed E-state index contributed by atoms with van der Waals surface area (Å²) in [4.78, 5) is 57.6. The highest BCUT2D eigenvalue weighted by molar-refractivity contribution is 6.31. The number of hydrogen-bond donors (Lipinski definition) is 4. The van der Waals surface area contributed by atoms with E-state index in [0.29, 0.717) is 45.6 Å². The predicted octanol–water partition coefficient (Wildman–Crippen LogP) is 10.2. The Hall–Kier alpha value is -6.96. The number of anilines is 2. The maximum Gasteiger partial charge on any atom is 0.273 e. The summed E-state index contributed by atoms with van der Waals surface area (Å²) in [7, 11) is 4.07. The van der Waals surface area contributed by atoms with E-state index >= 15 is 0 Å². The van der Waals surface area contributed by atoms with Crippen LogP contribution in [0, 0.1) is 27.7 Å². The van der Waals surface area contributed by atoms with Crippen LogP contribution in [0.2, 0.25) is 10.0 Å². The van der Waals surface area contributed by atoms with Crippen LogP contribution >= 0.6 is 23.2 Å². The van der Waals surface area contributed by atoms with E-state index < -0.39 is 11.8 Å². The Labute approximate surface area is 402 Å². The van der Waals surface area contributed by atoms with Gasteiger partial charge in [0.05, 0.1) is 34.9 Å². The van der Waals surface area contributed by atoms with Crippen molar-refractivity contribution in [1.82, 2.24) is 20.7 Å². The van der Waals surface area contributed by atoms with E-state index in [4.69, 9.17) is 23.2 Å². The molecule has 0 aliphatic carbocycles. The van der Waals surface area contributed by atoms with Gasteiger partial charge in [-0.2, -0.15) is 10.2 Å². The Morgan fingerprint density at radius 3 is 1.33 bits per heavy atom. The maximum atomic E-state index is 13.5. The molecular weight excluding hydrogens is 884 g/mol. The number of rotatable bonds is 18. The van der Waals surface area contributed by atoms with Crippen LogP contribution < -0.4 is 21.5 Å². The van der Waals surface area contributed by atoms with Gasteiger partial charge in [0.25, 0.3) is 23.6 Å². The summed E-state index contributed by atoms with van der Waals surface area (Å²) in [6.07, 6.45) is 4.00. The predicted molar refractivity (Wildman–Crippen MR) is 271 cm³/mol. The summed E-state index contributed by atoms with van der Waals surface area (Å²) >= 11 is 12.5. The second-order valence-electron chi connectivity index (χ2n) is 16.6. The standard InChI is InChI=1S/C53H54Cl2N8O4/c1-34-14-16-38(24-36(34)3)30-56-60-52(66)46-28-44(54)18-20-48(46)58-50(64)42-12-7-10-40(26-42)32-62(5)22-9-23-63(6)33-41-11-8-13-43(27-41)51(65)59-49-21-19-45(55)29-47(49)53(67)61-57-31-39-17-15-35(2)37(4)25-39/h7-8,10-21,24-31H,9,22-23,32-33H2,1-6H3,(H,58,64)(H,59,65)(H,60,66)(H,61,67). The highest BCUT2D eigenvalue weighted by Gasteiger charge is 2.18. The highest BCUT2D eigenvalue weighted by atomic mass is 35.5. The average molecular weight is 938 g/mol. The normalized spacial score (nSPS) is 11.4. The highest BCUT2D eigenvalue weighted by Crippen LogP contribution is 2.24. The minimum absolute atomic E-state index is 0.180. The molecule has 67 heavy (non-hydrogen) atoms. The van der Waals surface area contributed by atoms with Gasteiger partial charge in [-0.1, -0.05) is 83.9 Å². The molecule has 0 fully saturated rings. The average Bonchev–Trinajstić information content (AvgIpc) is 3.30. The lowest BCUT2D eigenvalue weighted by atomic mass is 10.1. The van der Waals surface area contributed by atoms with Crippen molar-refractivity contribution in [3.8, 4) is 0 Å². The first kappa shape index (κ1) is 49.5. The van der Waals surface area contributed by atoms with Crippen LogP contribution in [0.3, 0.4) is 0 Å². The van der Waals surface area contributed by atoms with Crippen molar-refractivity contribution in [2.75, 3.05) is 37.8 Å². The summed E-state index contributed by atoms with van der Waals surface area (Å²) in [5.74, 6) is -1.76. The number of halogens is 2. The van der Waals surface area contributed by atoms with Gasteiger partial charge in [-0.3, -0.25) is 19.2 Å². The summed E-state index contributed by atoms with van der Waals surface area (Å²) in [5, 5.41) is 14.7. The van der Waals surface area contributed by atoms with Crippen LogP contribution in [0.5, 0.6) is 0 Å². The minimum Gasteiger partial charge on any atom is -0.321 e. The van der Waals surface area contributed by atoms with E-state index in [1.165, 1.54) is 12.1 Å². The number of nitrogens with zero attached hydrogens (tertiary/aromatic N) is 4. The molecule has 0 saturated carbocycles. The lowest BCUT2D eigenvalue weighted by Gasteiger charge is -2.21. The van der Waals surface area contributed by atoms with Gasteiger partial charge in [0.2, 0.25) is 0 Å².